The first-order valence-corrected chi connectivity index (χ1v) is 4.66. The molecular weight excluding hydrogens is 196 g/mol. The molecule has 0 heterocycles. The van der Waals surface area contributed by atoms with E-state index in [1.165, 1.54) is 0 Å². The highest BCUT2D eigenvalue weighted by Gasteiger charge is 2.06. The summed E-state index contributed by atoms with van der Waals surface area (Å²) in [5, 5.41) is 8.48. The minimum absolute atomic E-state index is 0.343. The van der Waals surface area contributed by atoms with Crippen molar-refractivity contribution >= 4 is 12.4 Å². The van der Waals surface area contributed by atoms with Gasteiger partial charge in [0.05, 0.1) is 0 Å². The highest BCUT2D eigenvalue weighted by Crippen LogP contribution is 2.19. The van der Waals surface area contributed by atoms with Crippen molar-refractivity contribution in [2.45, 2.75) is 19.3 Å². The van der Waals surface area contributed by atoms with Gasteiger partial charge in [0, 0.05) is 6.42 Å². The molecule has 0 aliphatic carbocycles. The predicted octanol–water partition coefficient (Wildman–Crippen LogP) is 2.26. The fourth-order valence-corrected chi connectivity index (χ4v) is 1.28. The maximum Gasteiger partial charge on any atom is 0.511 e. The molecule has 1 rings (SSSR count). The zero-order chi connectivity index (χ0) is 11.1. The van der Waals surface area contributed by atoms with E-state index < -0.39 is 6.16 Å². The highest BCUT2D eigenvalue weighted by molar-refractivity contribution is 5.62. The van der Waals surface area contributed by atoms with Gasteiger partial charge >= 0.3 is 6.16 Å². The number of benzene rings is 1. The van der Waals surface area contributed by atoms with Gasteiger partial charge in [-0.3, -0.25) is 0 Å². The highest BCUT2D eigenvalue weighted by atomic mass is 16.7. The number of rotatable bonds is 5. The average molecular weight is 208 g/mol. The number of carbonyl (C=O) groups excluding carboxylic acids is 1. The lowest BCUT2D eigenvalue weighted by atomic mass is 10.1. The van der Waals surface area contributed by atoms with Gasteiger partial charge in [0.25, 0.3) is 0 Å². The van der Waals surface area contributed by atoms with E-state index in [0.717, 1.165) is 11.8 Å². The summed E-state index contributed by atoms with van der Waals surface area (Å²) in [4.78, 5) is 20.5. The minimum atomic E-state index is -1.32. The van der Waals surface area contributed by atoms with Crippen LogP contribution in [0.1, 0.15) is 18.4 Å². The van der Waals surface area contributed by atoms with Crippen LogP contribution in [0.15, 0.2) is 24.3 Å². The van der Waals surface area contributed by atoms with E-state index >= 15 is 0 Å². The molecule has 1 aromatic rings. The fraction of sp³-hybridized carbons (Fsp3) is 0.273. The third-order valence-corrected chi connectivity index (χ3v) is 1.94. The van der Waals surface area contributed by atoms with Crippen LogP contribution < -0.4 is 4.74 Å². The number of para-hydroxylation sites is 1. The summed E-state index contributed by atoms with van der Waals surface area (Å²) in [6.07, 6.45) is 1.34. The van der Waals surface area contributed by atoms with Crippen LogP contribution in [0.4, 0.5) is 4.79 Å². The van der Waals surface area contributed by atoms with E-state index in [-0.39, 0.29) is 0 Å². The fourth-order valence-electron chi connectivity index (χ4n) is 1.28. The lowest BCUT2D eigenvalue weighted by Gasteiger charge is -2.06. The Balaban J connectivity index is 2.67. The molecule has 15 heavy (non-hydrogen) atoms. The molecule has 0 spiro atoms. The van der Waals surface area contributed by atoms with E-state index in [9.17, 15) is 9.59 Å². The molecule has 80 valence electrons. The standard InChI is InChI=1S/C11H12O4/c12-8-4-3-6-9-5-1-2-7-10(9)15-11(13)14/h1-2,5,7-8H,3-4,6H2,(H,13,14). The first-order chi connectivity index (χ1) is 7.24. The number of unbranched alkanes of at least 4 members (excludes halogenated alkanes) is 1. The zero-order valence-corrected chi connectivity index (χ0v) is 8.18. The Morgan fingerprint density at radius 1 is 1.40 bits per heavy atom. The second-order valence-electron chi connectivity index (χ2n) is 3.03. The number of carboxylic acid groups (broad SMARTS) is 1. The number of hydrogen-bond donors (Lipinski definition) is 1. The Hall–Kier alpha value is -1.84. The largest absolute Gasteiger partial charge is 0.511 e. The first kappa shape index (κ1) is 11.2. The molecule has 0 saturated heterocycles. The van der Waals surface area contributed by atoms with Crippen molar-refractivity contribution in [3.8, 4) is 5.75 Å². The summed E-state index contributed by atoms with van der Waals surface area (Å²) in [5.41, 5.74) is 0.807. The van der Waals surface area contributed by atoms with Gasteiger partial charge in [0.1, 0.15) is 12.0 Å². The zero-order valence-electron chi connectivity index (χ0n) is 8.18. The number of ether oxygens (including phenoxy) is 1. The molecule has 0 unspecified atom stereocenters. The quantitative estimate of drug-likeness (QED) is 0.349. The lowest BCUT2D eigenvalue weighted by Crippen LogP contribution is -2.05. The third kappa shape index (κ3) is 3.81. The monoisotopic (exact) mass is 208 g/mol. The maximum atomic E-state index is 10.4. The van der Waals surface area contributed by atoms with E-state index in [1.807, 2.05) is 6.07 Å². The van der Waals surface area contributed by atoms with Gasteiger partial charge in [-0.05, 0) is 24.5 Å². The molecule has 1 N–H and O–H groups in total. The van der Waals surface area contributed by atoms with Crippen LogP contribution in [0, 0.1) is 0 Å². The Kier molecular flexibility index (Phi) is 4.34. The number of carbonyl (C=O) groups is 2. The van der Waals surface area contributed by atoms with Gasteiger partial charge in [-0.1, -0.05) is 18.2 Å². The summed E-state index contributed by atoms with van der Waals surface area (Å²) in [6.45, 7) is 0. The smallest absolute Gasteiger partial charge is 0.449 e. The van der Waals surface area contributed by atoms with Crippen LogP contribution in [-0.4, -0.2) is 17.5 Å². The van der Waals surface area contributed by atoms with Crippen LogP contribution in [-0.2, 0) is 11.2 Å². The van der Waals surface area contributed by atoms with Gasteiger partial charge in [0.15, 0.2) is 0 Å². The summed E-state index contributed by atoms with van der Waals surface area (Å²) in [7, 11) is 0. The molecule has 0 saturated carbocycles. The Morgan fingerprint density at radius 3 is 2.80 bits per heavy atom. The second kappa shape index (κ2) is 5.80. The molecule has 0 aliphatic heterocycles. The topological polar surface area (TPSA) is 63.6 Å². The van der Waals surface area contributed by atoms with Gasteiger partial charge in [-0.15, -0.1) is 0 Å². The van der Waals surface area contributed by atoms with Crippen molar-refractivity contribution in [2.24, 2.45) is 0 Å². The van der Waals surface area contributed by atoms with Crippen LogP contribution in [0.2, 0.25) is 0 Å². The van der Waals surface area contributed by atoms with Gasteiger partial charge in [-0.2, -0.15) is 0 Å². The Labute approximate surface area is 87.5 Å². The lowest BCUT2D eigenvalue weighted by molar-refractivity contribution is -0.107. The van der Waals surface area contributed by atoms with Crippen molar-refractivity contribution < 1.29 is 19.4 Å². The van der Waals surface area contributed by atoms with Crippen LogP contribution in [0.25, 0.3) is 0 Å². The molecule has 0 aliphatic rings. The normalized spacial score (nSPS) is 9.60. The molecule has 4 heteroatoms. The molecule has 4 nitrogen and oxygen atoms in total. The second-order valence-corrected chi connectivity index (χ2v) is 3.03. The average Bonchev–Trinajstić information content (AvgIpc) is 2.20. The van der Waals surface area contributed by atoms with E-state index in [4.69, 9.17) is 5.11 Å². The van der Waals surface area contributed by atoms with Crippen molar-refractivity contribution in [1.82, 2.24) is 0 Å². The molecule has 1 aromatic carbocycles. The number of aryl methyl sites for hydroxylation is 1. The molecule has 0 bridgehead atoms. The summed E-state index contributed by atoms with van der Waals surface area (Å²) >= 11 is 0. The number of aldehydes is 1. The van der Waals surface area contributed by atoms with Crippen molar-refractivity contribution in [3.63, 3.8) is 0 Å². The van der Waals surface area contributed by atoms with Crippen molar-refractivity contribution in [2.75, 3.05) is 0 Å². The van der Waals surface area contributed by atoms with E-state index in [1.54, 1.807) is 18.2 Å². The molecule has 0 atom stereocenters. The molecule has 0 amide bonds. The maximum absolute atomic E-state index is 10.4. The SMILES string of the molecule is O=CCCCc1ccccc1OC(=O)O. The van der Waals surface area contributed by atoms with E-state index in [0.29, 0.717) is 25.0 Å². The molecule has 0 aromatic heterocycles. The van der Waals surface area contributed by atoms with Gasteiger partial charge < -0.3 is 14.6 Å². The minimum Gasteiger partial charge on any atom is -0.449 e. The van der Waals surface area contributed by atoms with Crippen molar-refractivity contribution in [1.29, 1.82) is 0 Å². The van der Waals surface area contributed by atoms with Crippen LogP contribution >= 0.6 is 0 Å². The number of hydrogen-bond acceptors (Lipinski definition) is 3. The predicted molar refractivity (Wildman–Crippen MR) is 54.1 cm³/mol. The van der Waals surface area contributed by atoms with E-state index in [2.05, 4.69) is 4.74 Å². The summed E-state index contributed by atoms with van der Waals surface area (Å²) in [5.74, 6) is 0.343. The summed E-state index contributed by atoms with van der Waals surface area (Å²) in [6, 6.07) is 6.92. The summed E-state index contributed by atoms with van der Waals surface area (Å²) < 4.78 is 4.60. The molecular formula is C11H12O4. The van der Waals surface area contributed by atoms with Crippen molar-refractivity contribution in [3.05, 3.63) is 29.8 Å². The van der Waals surface area contributed by atoms with Crippen LogP contribution in [0.3, 0.4) is 0 Å². The molecule has 0 radical (unpaired) electrons. The Bertz CT molecular complexity index is 346. The van der Waals surface area contributed by atoms with Gasteiger partial charge in [-0.25, -0.2) is 4.79 Å². The molecule has 0 fully saturated rings. The Morgan fingerprint density at radius 2 is 2.13 bits per heavy atom. The van der Waals surface area contributed by atoms with Gasteiger partial charge in [0.2, 0.25) is 0 Å². The van der Waals surface area contributed by atoms with Crippen LogP contribution in [0.5, 0.6) is 5.75 Å². The first-order valence-electron chi connectivity index (χ1n) is 4.66. The third-order valence-electron chi connectivity index (χ3n) is 1.94.